The van der Waals surface area contributed by atoms with Gasteiger partial charge in [0.1, 0.15) is 11.5 Å². The summed E-state index contributed by atoms with van der Waals surface area (Å²) in [5.74, 6) is 1.65. The van der Waals surface area contributed by atoms with E-state index in [0.717, 1.165) is 21.8 Å². The number of amides is 1. The van der Waals surface area contributed by atoms with Crippen molar-refractivity contribution in [1.82, 2.24) is 4.90 Å². The largest absolute Gasteiger partial charge is 0.497 e. The number of anilines is 1. The summed E-state index contributed by atoms with van der Waals surface area (Å²) in [6.45, 7) is 2.51. The van der Waals surface area contributed by atoms with Crippen LogP contribution in [0.25, 0.3) is 0 Å². The van der Waals surface area contributed by atoms with Crippen molar-refractivity contribution in [3.05, 3.63) is 64.2 Å². The molecule has 30 heavy (non-hydrogen) atoms. The van der Waals surface area contributed by atoms with E-state index >= 15 is 0 Å². The molecule has 0 radical (unpaired) electrons. The molecule has 1 atom stereocenters. The molecule has 7 heteroatoms. The summed E-state index contributed by atoms with van der Waals surface area (Å²) in [5.41, 5.74) is 3.67. The maximum atomic E-state index is 13.2. The normalized spacial score (nSPS) is 18.7. The van der Waals surface area contributed by atoms with Gasteiger partial charge in [0, 0.05) is 23.6 Å². The van der Waals surface area contributed by atoms with Crippen LogP contribution in [0, 0.1) is 18.3 Å². The van der Waals surface area contributed by atoms with Crippen molar-refractivity contribution in [2.24, 2.45) is 0 Å². The van der Waals surface area contributed by atoms with Gasteiger partial charge in [-0.2, -0.15) is 5.26 Å². The van der Waals surface area contributed by atoms with Gasteiger partial charge in [-0.25, -0.2) is 0 Å². The van der Waals surface area contributed by atoms with Gasteiger partial charge in [-0.3, -0.25) is 9.69 Å². The number of thioether (sulfide) groups is 1. The maximum Gasteiger partial charge on any atom is 0.229 e. The Morgan fingerprint density at radius 1 is 1.17 bits per heavy atom. The molecular weight excluding hydrogens is 398 g/mol. The Bertz CT molecular complexity index is 1060. The molecule has 154 valence electrons. The van der Waals surface area contributed by atoms with E-state index in [4.69, 9.17) is 9.47 Å². The van der Waals surface area contributed by atoms with Gasteiger partial charge in [0.05, 0.1) is 43.4 Å². The summed E-state index contributed by atoms with van der Waals surface area (Å²) < 4.78 is 10.9. The second-order valence-electron chi connectivity index (χ2n) is 7.26. The lowest BCUT2D eigenvalue weighted by Crippen LogP contribution is -2.47. The molecular formula is C23H23N3O3S. The average molecular weight is 422 g/mol. The average Bonchev–Trinajstić information content (AvgIpc) is 2.78. The molecule has 0 unspecified atom stereocenters. The molecule has 2 aliphatic rings. The molecule has 1 saturated heterocycles. The Morgan fingerprint density at radius 2 is 1.97 bits per heavy atom. The van der Waals surface area contributed by atoms with Gasteiger partial charge in [-0.15, -0.1) is 0 Å². The highest BCUT2D eigenvalue weighted by Crippen LogP contribution is 2.46. The first-order valence-electron chi connectivity index (χ1n) is 9.67. The molecule has 2 heterocycles. The first-order chi connectivity index (χ1) is 14.6. The van der Waals surface area contributed by atoms with Crippen LogP contribution in [0.3, 0.4) is 0 Å². The second-order valence-corrected chi connectivity index (χ2v) is 8.19. The first kappa shape index (κ1) is 20.2. The van der Waals surface area contributed by atoms with Crippen molar-refractivity contribution < 1.29 is 14.3 Å². The number of aryl methyl sites for hydroxylation is 1. The zero-order valence-corrected chi connectivity index (χ0v) is 18.0. The number of fused-ring (bicyclic) bond motifs is 1. The number of hydrogen-bond donors (Lipinski definition) is 0. The lowest BCUT2D eigenvalue weighted by atomic mass is 9.86. The minimum absolute atomic E-state index is 0.00431. The third-order valence-electron chi connectivity index (χ3n) is 5.56. The van der Waals surface area contributed by atoms with E-state index in [0.29, 0.717) is 29.6 Å². The predicted octanol–water partition coefficient (Wildman–Crippen LogP) is 4.23. The van der Waals surface area contributed by atoms with Gasteiger partial charge in [0.25, 0.3) is 0 Å². The quantitative estimate of drug-likeness (QED) is 0.736. The van der Waals surface area contributed by atoms with Crippen LogP contribution in [0.2, 0.25) is 0 Å². The summed E-state index contributed by atoms with van der Waals surface area (Å²) in [5, 5.41) is 10.8. The minimum atomic E-state index is -0.351. The molecule has 2 aromatic carbocycles. The van der Waals surface area contributed by atoms with Crippen LogP contribution < -0.4 is 14.4 Å². The SMILES string of the molecule is COc1ccc(OC)c([C@@H]2CC(=O)N3CN(c4ccccc4C)CSC3=C2C#N)c1. The fourth-order valence-electron chi connectivity index (χ4n) is 4.01. The van der Waals surface area contributed by atoms with E-state index in [1.807, 2.05) is 30.3 Å². The number of rotatable bonds is 4. The zero-order valence-electron chi connectivity index (χ0n) is 17.2. The maximum absolute atomic E-state index is 13.2. The van der Waals surface area contributed by atoms with Crippen molar-refractivity contribution in [3.63, 3.8) is 0 Å². The molecule has 0 saturated carbocycles. The smallest absolute Gasteiger partial charge is 0.229 e. The third-order valence-corrected chi connectivity index (χ3v) is 6.72. The van der Waals surface area contributed by atoms with Crippen molar-refractivity contribution in [2.45, 2.75) is 19.3 Å². The highest BCUT2D eigenvalue weighted by Gasteiger charge is 2.39. The molecule has 0 spiro atoms. The summed E-state index contributed by atoms with van der Waals surface area (Å²) in [4.78, 5) is 17.1. The van der Waals surface area contributed by atoms with E-state index in [-0.39, 0.29) is 18.2 Å². The molecule has 4 rings (SSSR count). The molecule has 2 aliphatic heterocycles. The van der Waals surface area contributed by atoms with Gasteiger partial charge in [0.2, 0.25) is 5.91 Å². The number of carbonyl (C=O) groups excluding carboxylic acids is 1. The number of benzene rings is 2. The molecule has 2 aromatic rings. The fraction of sp³-hybridized carbons (Fsp3) is 0.304. The van der Waals surface area contributed by atoms with Gasteiger partial charge < -0.3 is 14.4 Å². The van der Waals surface area contributed by atoms with Crippen molar-refractivity contribution >= 4 is 23.4 Å². The van der Waals surface area contributed by atoms with E-state index < -0.39 is 0 Å². The monoisotopic (exact) mass is 421 g/mol. The number of hydrogen-bond acceptors (Lipinski definition) is 6. The molecule has 0 aromatic heterocycles. The van der Waals surface area contributed by atoms with Crippen LogP contribution in [0.5, 0.6) is 11.5 Å². The molecule has 1 amide bonds. The number of methoxy groups -OCH3 is 2. The standard InChI is InChI=1S/C23H23N3O3S/c1-15-6-4-5-7-20(15)25-13-26-22(27)11-17(19(12-24)23(26)30-14-25)18-10-16(28-2)8-9-21(18)29-3/h4-10,17H,11,13-14H2,1-3H3/t17-/m0/s1. The Balaban J connectivity index is 1.72. The van der Waals surface area contributed by atoms with E-state index in [9.17, 15) is 10.1 Å². The summed E-state index contributed by atoms with van der Waals surface area (Å²) in [6, 6.07) is 16.0. The lowest BCUT2D eigenvalue weighted by Gasteiger charge is -2.42. The third kappa shape index (κ3) is 3.48. The highest BCUT2D eigenvalue weighted by molar-refractivity contribution is 8.03. The van der Waals surface area contributed by atoms with Gasteiger partial charge in [-0.05, 0) is 36.8 Å². The molecule has 0 bridgehead atoms. The van der Waals surface area contributed by atoms with Crippen molar-refractivity contribution in [1.29, 1.82) is 5.26 Å². The fourth-order valence-corrected chi connectivity index (χ4v) is 5.17. The van der Waals surface area contributed by atoms with E-state index in [2.05, 4.69) is 30.0 Å². The van der Waals surface area contributed by atoms with Crippen molar-refractivity contribution in [3.8, 4) is 17.6 Å². The van der Waals surface area contributed by atoms with E-state index in [1.165, 1.54) is 11.8 Å². The summed E-state index contributed by atoms with van der Waals surface area (Å²) in [7, 11) is 3.19. The highest BCUT2D eigenvalue weighted by atomic mass is 32.2. The second kappa shape index (κ2) is 8.33. The molecule has 1 fully saturated rings. The molecule has 0 aliphatic carbocycles. The Morgan fingerprint density at radius 3 is 2.67 bits per heavy atom. The molecule has 6 nitrogen and oxygen atoms in total. The lowest BCUT2D eigenvalue weighted by molar-refractivity contribution is -0.129. The first-order valence-corrected chi connectivity index (χ1v) is 10.7. The Hall–Kier alpha value is -3.11. The Labute approximate surface area is 180 Å². The van der Waals surface area contributed by atoms with Crippen LogP contribution in [0.15, 0.2) is 53.1 Å². The van der Waals surface area contributed by atoms with E-state index in [1.54, 1.807) is 19.1 Å². The van der Waals surface area contributed by atoms with Crippen LogP contribution in [0.4, 0.5) is 5.69 Å². The number of allylic oxidation sites excluding steroid dienone is 1. The number of ether oxygens (including phenoxy) is 2. The number of carbonyl (C=O) groups is 1. The van der Waals surface area contributed by atoms with Crippen LogP contribution in [0.1, 0.15) is 23.5 Å². The minimum Gasteiger partial charge on any atom is -0.497 e. The van der Waals surface area contributed by atoms with Crippen molar-refractivity contribution in [2.75, 3.05) is 31.7 Å². The topological polar surface area (TPSA) is 65.8 Å². The van der Waals surface area contributed by atoms with Gasteiger partial charge in [-0.1, -0.05) is 30.0 Å². The predicted molar refractivity (Wildman–Crippen MR) is 117 cm³/mol. The number of nitriles is 1. The van der Waals surface area contributed by atoms with Crippen LogP contribution in [-0.2, 0) is 4.79 Å². The van der Waals surface area contributed by atoms with Gasteiger partial charge >= 0.3 is 0 Å². The summed E-state index contributed by atoms with van der Waals surface area (Å²) in [6.07, 6.45) is 0.220. The molecule has 0 N–H and O–H groups in total. The van der Waals surface area contributed by atoms with Gasteiger partial charge in [0.15, 0.2) is 0 Å². The van der Waals surface area contributed by atoms with Crippen LogP contribution >= 0.6 is 11.8 Å². The number of para-hydroxylation sites is 1. The summed E-state index contributed by atoms with van der Waals surface area (Å²) >= 11 is 1.53. The van der Waals surface area contributed by atoms with Crippen LogP contribution in [-0.4, -0.2) is 37.6 Å². The zero-order chi connectivity index (χ0) is 21.3. The Kier molecular flexibility index (Phi) is 5.60. The number of nitrogens with zero attached hydrogens (tertiary/aromatic N) is 3.